The number of rotatable bonds is 9. The molecule has 1 heterocycles. The fourth-order valence-corrected chi connectivity index (χ4v) is 2.17. The predicted octanol–water partition coefficient (Wildman–Crippen LogP) is -1.50. The lowest BCUT2D eigenvalue weighted by Crippen LogP contribution is -2.59. The number of aliphatic hydroxyl groups is 4. The van der Waals surface area contributed by atoms with Gasteiger partial charge in [0.15, 0.2) is 6.29 Å². The van der Waals surface area contributed by atoms with Gasteiger partial charge in [0, 0.05) is 19.6 Å². The summed E-state index contributed by atoms with van der Waals surface area (Å²) in [6, 6.07) is 0. The van der Waals surface area contributed by atoms with E-state index in [1.807, 2.05) is 6.92 Å². The molecule has 0 aromatic rings. The van der Waals surface area contributed by atoms with E-state index in [1.54, 1.807) is 0 Å². The number of aliphatic hydroxyl groups excluding tert-OH is 4. The van der Waals surface area contributed by atoms with Crippen molar-refractivity contribution in [3.63, 3.8) is 0 Å². The van der Waals surface area contributed by atoms with Crippen LogP contribution < -0.4 is 5.32 Å². The molecule has 0 bridgehead atoms. The van der Waals surface area contributed by atoms with Crippen LogP contribution in [0.5, 0.6) is 0 Å². The van der Waals surface area contributed by atoms with Crippen LogP contribution in [0.15, 0.2) is 0 Å². The lowest BCUT2D eigenvalue weighted by molar-refractivity contribution is -0.301. The van der Waals surface area contributed by atoms with Gasteiger partial charge in [-0.1, -0.05) is 6.92 Å². The number of carbonyl (C=O) groups excluding carboxylic acids is 1. The van der Waals surface area contributed by atoms with Gasteiger partial charge >= 0.3 is 0 Å². The van der Waals surface area contributed by atoms with Gasteiger partial charge in [-0.15, -0.1) is 0 Å². The Morgan fingerprint density at radius 1 is 1.18 bits per heavy atom. The standard InChI is InChI=1S/C14H27NO7/c1-2-5-10(17)15-6-3-4-7-21-14-13(20)12(19)11(18)9(8-16)22-14/h9,11-14,16,18-20H,2-8H2,1H3,(H,15,17)/t9-,11-,12+,13-,14-/m1/s1. The molecule has 1 aliphatic rings. The highest BCUT2D eigenvalue weighted by Gasteiger charge is 2.43. The van der Waals surface area contributed by atoms with Crippen LogP contribution in [-0.2, 0) is 14.3 Å². The van der Waals surface area contributed by atoms with Crippen molar-refractivity contribution in [3.8, 4) is 0 Å². The van der Waals surface area contributed by atoms with Crippen molar-refractivity contribution in [1.29, 1.82) is 0 Å². The van der Waals surface area contributed by atoms with Crippen molar-refractivity contribution >= 4 is 5.91 Å². The molecule has 1 rings (SSSR count). The Hall–Kier alpha value is -0.770. The van der Waals surface area contributed by atoms with Crippen LogP contribution >= 0.6 is 0 Å². The van der Waals surface area contributed by atoms with E-state index in [0.717, 1.165) is 6.42 Å². The molecule has 1 saturated heterocycles. The normalized spacial score (nSPS) is 32.0. The maximum absolute atomic E-state index is 11.2. The largest absolute Gasteiger partial charge is 0.394 e. The van der Waals surface area contributed by atoms with Crippen molar-refractivity contribution in [1.82, 2.24) is 5.32 Å². The van der Waals surface area contributed by atoms with Gasteiger partial charge in [-0.2, -0.15) is 0 Å². The van der Waals surface area contributed by atoms with Crippen molar-refractivity contribution in [2.24, 2.45) is 0 Å². The van der Waals surface area contributed by atoms with Gasteiger partial charge in [0.2, 0.25) is 5.91 Å². The molecule has 8 heteroatoms. The van der Waals surface area contributed by atoms with Crippen LogP contribution in [0.2, 0.25) is 0 Å². The van der Waals surface area contributed by atoms with E-state index >= 15 is 0 Å². The minimum Gasteiger partial charge on any atom is -0.394 e. The Labute approximate surface area is 130 Å². The number of hydrogen-bond donors (Lipinski definition) is 5. The van der Waals surface area contributed by atoms with E-state index in [0.29, 0.717) is 25.8 Å². The Morgan fingerprint density at radius 2 is 1.91 bits per heavy atom. The van der Waals surface area contributed by atoms with Gasteiger partial charge < -0.3 is 35.2 Å². The van der Waals surface area contributed by atoms with Crippen LogP contribution in [0.1, 0.15) is 32.6 Å². The molecule has 8 nitrogen and oxygen atoms in total. The van der Waals surface area contributed by atoms with E-state index < -0.39 is 37.3 Å². The van der Waals surface area contributed by atoms with Gasteiger partial charge in [0.1, 0.15) is 24.4 Å². The summed E-state index contributed by atoms with van der Waals surface area (Å²) in [5.41, 5.74) is 0. The molecule has 0 aromatic carbocycles. The van der Waals surface area contributed by atoms with E-state index in [2.05, 4.69) is 5.32 Å². The molecule has 0 unspecified atom stereocenters. The first-order valence-corrected chi connectivity index (χ1v) is 7.70. The van der Waals surface area contributed by atoms with Gasteiger partial charge in [-0.25, -0.2) is 0 Å². The highest BCUT2D eigenvalue weighted by atomic mass is 16.7. The molecular weight excluding hydrogens is 294 g/mol. The molecule has 130 valence electrons. The van der Waals surface area contributed by atoms with Crippen LogP contribution in [0.4, 0.5) is 0 Å². The smallest absolute Gasteiger partial charge is 0.219 e. The first kappa shape index (κ1) is 19.3. The maximum atomic E-state index is 11.2. The average molecular weight is 321 g/mol. The van der Waals surface area contributed by atoms with E-state index in [1.165, 1.54) is 0 Å². The molecule has 22 heavy (non-hydrogen) atoms. The zero-order valence-corrected chi connectivity index (χ0v) is 12.9. The minimum absolute atomic E-state index is 0.0253. The summed E-state index contributed by atoms with van der Waals surface area (Å²) >= 11 is 0. The molecule has 1 amide bonds. The van der Waals surface area contributed by atoms with Gasteiger partial charge in [-0.05, 0) is 19.3 Å². The lowest BCUT2D eigenvalue weighted by Gasteiger charge is -2.39. The fourth-order valence-electron chi connectivity index (χ4n) is 2.17. The molecule has 0 saturated carbocycles. The Balaban J connectivity index is 2.19. The monoisotopic (exact) mass is 321 g/mol. The first-order chi connectivity index (χ1) is 10.5. The third kappa shape index (κ3) is 5.79. The molecule has 0 radical (unpaired) electrons. The third-order valence-corrected chi connectivity index (χ3v) is 3.50. The predicted molar refractivity (Wildman–Crippen MR) is 76.9 cm³/mol. The number of ether oxygens (including phenoxy) is 2. The van der Waals surface area contributed by atoms with Gasteiger partial charge in [0.25, 0.3) is 0 Å². The summed E-state index contributed by atoms with van der Waals surface area (Å²) in [5, 5.41) is 40.8. The number of hydrogen-bond acceptors (Lipinski definition) is 7. The van der Waals surface area contributed by atoms with E-state index in [9.17, 15) is 20.1 Å². The highest BCUT2D eigenvalue weighted by molar-refractivity contribution is 5.75. The van der Waals surface area contributed by atoms with Crippen LogP contribution in [-0.4, -0.2) is 76.8 Å². The number of carbonyl (C=O) groups is 1. The van der Waals surface area contributed by atoms with Crippen LogP contribution in [0.3, 0.4) is 0 Å². The molecule has 0 spiro atoms. The lowest BCUT2D eigenvalue weighted by atomic mass is 9.99. The van der Waals surface area contributed by atoms with Crippen molar-refractivity contribution < 1.29 is 34.7 Å². The Bertz CT molecular complexity index is 326. The van der Waals surface area contributed by atoms with Crippen LogP contribution in [0, 0.1) is 0 Å². The summed E-state index contributed by atoms with van der Waals surface area (Å²) in [4.78, 5) is 11.2. The second-order valence-electron chi connectivity index (χ2n) is 5.38. The number of nitrogens with one attached hydrogen (secondary N) is 1. The Kier molecular flexibility index (Phi) is 8.84. The number of amides is 1. The van der Waals surface area contributed by atoms with Crippen molar-refractivity contribution in [3.05, 3.63) is 0 Å². The van der Waals surface area contributed by atoms with Gasteiger partial charge in [0.05, 0.1) is 6.61 Å². The molecule has 1 fully saturated rings. The first-order valence-electron chi connectivity index (χ1n) is 7.70. The molecular formula is C14H27NO7. The van der Waals surface area contributed by atoms with Gasteiger partial charge in [-0.3, -0.25) is 4.79 Å². The van der Waals surface area contributed by atoms with Crippen molar-refractivity contribution in [2.45, 2.75) is 63.3 Å². The zero-order valence-electron chi connectivity index (χ0n) is 12.9. The van der Waals surface area contributed by atoms with E-state index in [-0.39, 0.29) is 12.5 Å². The SMILES string of the molecule is CCCC(=O)NCCCCO[C@@H]1O[C@H](CO)[C@@H](O)[C@H](O)[C@H]1O. The summed E-state index contributed by atoms with van der Waals surface area (Å²) < 4.78 is 10.5. The zero-order chi connectivity index (χ0) is 16.5. The number of unbranched alkanes of at least 4 members (excludes halogenated alkanes) is 1. The Morgan fingerprint density at radius 3 is 2.55 bits per heavy atom. The summed E-state index contributed by atoms with van der Waals surface area (Å²) in [6.07, 6.45) is -3.55. The molecule has 0 aromatic heterocycles. The second kappa shape index (κ2) is 10.1. The topological polar surface area (TPSA) is 128 Å². The van der Waals surface area contributed by atoms with E-state index in [4.69, 9.17) is 14.6 Å². The summed E-state index contributed by atoms with van der Waals surface area (Å²) in [5.74, 6) is 0.0253. The highest BCUT2D eigenvalue weighted by Crippen LogP contribution is 2.22. The maximum Gasteiger partial charge on any atom is 0.219 e. The summed E-state index contributed by atoms with van der Waals surface area (Å²) in [7, 11) is 0. The second-order valence-corrected chi connectivity index (χ2v) is 5.38. The minimum atomic E-state index is -1.43. The molecule has 5 atom stereocenters. The quantitative estimate of drug-likeness (QED) is 0.327. The average Bonchev–Trinajstić information content (AvgIpc) is 2.50. The fraction of sp³-hybridized carbons (Fsp3) is 0.929. The third-order valence-electron chi connectivity index (χ3n) is 3.50. The molecule has 5 N–H and O–H groups in total. The van der Waals surface area contributed by atoms with Crippen molar-refractivity contribution in [2.75, 3.05) is 19.8 Å². The summed E-state index contributed by atoms with van der Waals surface area (Å²) in [6.45, 7) is 2.28. The van der Waals surface area contributed by atoms with Crippen LogP contribution in [0.25, 0.3) is 0 Å². The molecule has 0 aliphatic carbocycles. The molecule has 1 aliphatic heterocycles.